The van der Waals surface area contributed by atoms with E-state index >= 15 is 0 Å². The van der Waals surface area contributed by atoms with Crippen LogP contribution in [0.15, 0.2) is 0 Å². The first-order chi connectivity index (χ1) is 6.06. The lowest BCUT2D eigenvalue weighted by atomic mass is 9.75. The van der Waals surface area contributed by atoms with Crippen LogP contribution < -0.4 is 10.4 Å². The van der Waals surface area contributed by atoms with Gasteiger partial charge in [-0.1, -0.05) is 30.2 Å². The summed E-state index contributed by atoms with van der Waals surface area (Å²) >= 11 is 0. The van der Waals surface area contributed by atoms with Crippen molar-refractivity contribution in [3.8, 4) is 0 Å². The standard InChI is InChI=1S/C10H25N2P/c1-9(2)10(3,8-12-13)6-5-7-11-4/h9,11-12H,5-8,13H2,1-4H3. The maximum absolute atomic E-state index is 3.21. The molecular weight excluding hydrogens is 179 g/mol. The molecule has 3 heteroatoms. The Hall–Kier alpha value is 0.350. The van der Waals surface area contributed by atoms with Crippen molar-refractivity contribution >= 4 is 9.39 Å². The van der Waals surface area contributed by atoms with Gasteiger partial charge in [0.25, 0.3) is 0 Å². The quantitative estimate of drug-likeness (QED) is 0.490. The van der Waals surface area contributed by atoms with E-state index in [1.165, 1.54) is 12.8 Å². The minimum absolute atomic E-state index is 0.429. The number of hydrogen-bond acceptors (Lipinski definition) is 2. The lowest BCUT2D eigenvalue weighted by Crippen LogP contribution is -2.33. The van der Waals surface area contributed by atoms with Crippen LogP contribution in [-0.2, 0) is 0 Å². The van der Waals surface area contributed by atoms with E-state index in [-0.39, 0.29) is 0 Å². The van der Waals surface area contributed by atoms with Crippen molar-refractivity contribution in [2.45, 2.75) is 33.6 Å². The smallest absolute Gasteiger partial charge is 0.00421 e. The molecule has 0 rings (SSSR count). The fourth-order valence-corrected chi connectivity index (χ4v) is 1.95. The topological polar surface area (TPSA) is 24.1 Å². The summed E-state index contributed by atoms with van der Waals surface area (Å²) in [4.78, 5) is 0. The molecular formula is C10H25N2P. The monoisotopic (exact) mass is 204 g/mol. The van der Waals surface area contributed by atoms with Crippen molar-refractivity contribution in [1.29, 1.82) is 0 Å². The summed E-state index contributed by atoms with van der Waals surface area (Å²) in [5.41, 5.74) is 0.429. The van der Waals surface area contributed by atoms with Gasteiger partial charge >= 0.3 is 0 Å². The van der Waals surface area contributed by atoms with E-state index in [1.807, 2.05) is 7.05 Å². The number of hydrogen-bond donors (Lipinski definition) is 2. The van der Waals surface area contributed by atoms with Crippen LogP contribution in [0.25, 0.3) is 0 Å². The lowest BCUT2D eigenvalue weighted by Gasteiger charge is -2.33. The van der Waals surface area contributed by atoms with Gasteiger partial charge in [0.05, 0.1) is 0 Å². The Morgan fingerprint density at radius 1 is 1.38 bits per heavy atom. The minimum atomic E-state index is 0.429. The van der Waals surface area contributed by atoms with Crippen LogP contribution >= 0.6 is 9.39 Å². The Kier molecular flexibility index (Phi) is 6.93. The van der Waals surface area contributed by atoms with E-state index < -0.39 is 0 Å². The van der Waals surface area contributed by atoms with Crippen molar-refractivity contribution in [3.63, 3.8) is 0 Å². The molecule has 0 radical (unpaired) electrons. The summed E-state index contributed by atoms with van der Waals surface area (Å²) in [5, 5.41) is 6.41. The van der Waals surface area contributed by atoms with Crippen molar-refractivity contribution in [1.82, 2.24) is 10.4 Å². The fraction of sp³-hybridized carbons (Fsp3) is 1.00. The first kappa shape index (κ1) is 13.4. The molecule has 0 aromatic heterocycles. The zero-order chi connectivity index (χ0) is 10.3. The van der Waals surface area contributed by atoms with Gasteiger partial charge in [0.2, 0.25) is 0 Å². The molecule has 0 fully saturated rings. The maximum atomic E-state index is 3.21. The highest BCUT2D eigenvalue weighted by molar-refractivity contribution is 7.13. The highest BCUT2D eigenvalue weighted by atomic mass is 31.0. The van der Waals surface area contributed by atoms with Gasteiger partial charge in [0, 0.05) is 6.54 Å². The minimum Gasteiger partial charge on any atom is -0.320 e. The molecule has 0 aliphatic carbocycles. The number of nitrogens with one attached hydrogen (secondary N) is 2. The second-order valence-corrected chi connectivity index (χ2v) is 4.80. The Morgan fingerprint density at radius 2 is 2.00 bits per heavy atom. The first-order valence-corrected chi connectivity index (χ1v) is 5.72. The van der Waals surface area contributed by atoms with E-state index in [0.717, 1.165) is 19.0 Å². The van der Waals surface area contributed by atoms with Crippen molar-refractivity contribution in [2.75, 3.05) is 20.1 Å². The maximum Gasteiger partial charge on any atom is 0.00421 e. The van der Waals surface area contributed by atoms with Crippen LogP contribution in [0.3, 0.4) is 0 Å². The van der Waals surface area contributed by atoms with E-state index in [2.05, 4.69) is 40.6 Å². The van der Waals surface area contributed by atoms with Gasteiger partial charge < -0.3 is 10.4 Å². The molecule has 80 valence electrons. The first-order valence-electron chi connectivity index (χ1n) is 5.15. The molecule has 0 spiro atoms. The summed E-state index contributed by atoms with van der Waals surface area (Å²) in [5.74, 6) is 0.734. The molecule has 0 aromatic rings. The highest BCUT2D eigenvalue weighted by Crippen LogP contribution is 2.31. The molecule has 0 aromatic carbocycles. The molecule has 0 saturated carbocycles. The van der Waals surface area contributed by atoms with Crippen LogP contribution in [0.4, 0.5) is 0 Å². The van der Waals surface area contributed by atoms with E-state index in [4.69, 9.17) is 0 Å². The van der Waals surface area contributed by atoms with E-state index in [0.29, 0.717) is 5.41 Å². The van der Waals surface area contributed by atoms with Gasteiger partial charge in [-0.2, -0.15) is 0 Å². The van der Waals surface area contributed by atoms with Crippen LogP contribution in [0.1, 0.15) is 33.6 Å². The molecule has 0 aliphatic heterocycles. The molecule has 2 atom stereocenters. The van der Waals surface area contributed by atoms with Gasteiger partial charge in [0.1, 0.15) is 0 Å². The van der Waals surface area contributed by atoms with Gasteiger partial charge in [-0.3, -0.25) is 0 Å². The SMILES string of the molecule is CNCCCC(C)(CNP)C(C)C. The Morgan fingerprint density at radius 3 is 2.38 bits per heavy atom. The molecule has 0 heterocycles. The van der Waals surface area contributed by atoms with Gasteiger partial charge in [-0.15, -0.1) is 0 Å². The zero-order valence-electron chi connectivity index (χ0n) is 9.48. The van der Waals surface area contributed by atoms with Crippen LogP contribution in [0, 0.1) is 11.3 Å². The number of rotatable bonds is 7. The van der Waals surface area contributed by atoms with Gasteiger partial charge in [0.15, 0.2) is 0 Å². The predicted octanol–water partition coefficient (Wildman–Crippen LogP) is 2.03. The third-order valence-corrected chi connectivity index (χ3v) is 3.28. The molecule has 0 bridgehead atoms. The molecule has 13 heavy (non-hydrogen) atoms. The highest BCUT2D eigenvalue weighted by Gasteiger charge is 2.26. The molecule has 0 amide bonds. The zero-order valence-corrected chi connectivity index (χ0v) is 10.6. The van der Waals surface area contributed by atoms with Crippen molar-refractivity contribution in [2.24, 2.45) is 11.3 Å². The fourth-order valence-electron chi connectivity index (χ4n) is 1.48. The normalized spacial score (nSPS) is 16.2. The van der Waals surface area contributed by atoms with Crippen molar-refractivity contribution in [3.05, 3.63) is 0 Å². The van der Waals surface area contributed by atoms with Gasteiger partial charge in [-0.25, -0.2) is 0 Å². The third-order valence-electron chi connectivity index (χ3n) is 3.07. The Labute approximate surface area is 85.5 Å². The Balaban J connectivity index is 3.92. The average Bonchev–Trinajstić information content (AvgIpc) is 2.05. The molecule has 0 aliphatic rings. The van der Waals surface area contributed by atoms with E-state index in [1.54, 1.807) is 0 Å². The van der Waals surface area contributed by atoms with Crippen LogP contribution in [0.5, 0.6) is 0 Å². The molecule has 0 saturated heterocycles. The Bertz CT molecular complexity index is 128. The molecule has 2 unspecified atom stereocenters. The second-order valence-electron chi connectivity index (χ2n) is 4.40. The largest absolute Gasteiger partial charge is 0.320 e. The summed E-state index contributed by atoms with van der Waals surface area (Å²) in [7, 11) is 4.61. The molecule has 2 nitrogen and oxygen atoms in total. The lowest BCUT2D eigenvalue weighted by molar-refractivity contribution is 0.199. The third kappa shape index (κ3) is 4.95. The summed E-state index contributed by atoms with van der Waals surface area (Å²) in [6, 6.07) is 0. The van der Waals surface area contributed by atoms with Crippen molar-refractivity contribution < 1.29 is 0 Å². The van der Waals surface area contributed by atoms with Crippen LogP contribution in [0.2, 0.25) is 0 Å². The molecule has 2 N–H and O–H groups in total. The predicted molar refractivity (Wildman–Crippen MR) is 63.8 cm³/mol. The average molecular weight is 204 g/mol. The van der Waals surface area contributed by atoms with Gasteiger partial charge in [-0.05, 0) is 37.8 Å². The second kappa shape index (κ2) is 6.75. The summed E-state index contributed by atoms with van der Waals surface area (Å²) < 4.78 is 0. The van der Waals surface area contributed by atoms with Crippen LogP contribution in [-0.4, -0.2) is 20.1 Å². The van der Waals surface area contributed by atoms with E-state index in [9.17, 15) is 0 Å². The summed E-state index contributed by atoms with van der Waals surface area (Å²) in [6.45, 7) is 9.19. The summed E-state index contributed by atoms with van der Waals surface area (Å²) in [6.07, 6.45) is 2.55.